The average Bonchev–Trinajstić information content (AvgIpc) is 2.18. The van der Waals surface area contributed by atoms with Crippen molar-refractivity contribution in [2.75, 3.05) is 0 Å². The first-order valence-electron chi connectivity index (χ1n) is 5.06. The number of rotatable bonds is 3. The van der Waals surface area contributed by atoms with Crippen LogP contribution in [0.5, 0.6) is 0 Å². The van der Waals surface area contributed by atoms with Crippen LogP contribution in [-0.4, -0.2) is 0 Å². The van der Waals surface area contributed by atoms with Crippen LogP contribution in [0.2, 0.25) is 0 Å². The van der Waals surface area contributed by atoms with Gasteiger partial charge in [0.25, 0.3) is 0 Å². The summed E-state index contributed by atoms with van der Waals surface area (Å²) in [5.74, 6) is 0. The molecule has 0 spiro atoms. The van der Waals surface area contributed by atoms with E-state index < -0.39 is 0 Å². The molecule has 0 saturated carbocycles. The summed E-state index contributed by atoms with van der Waals surface area (Å²) in [5, 5.41) is 0. The highest BCUT2D eigenvalue weighted by molar-refractivity contribution is 7.80. The van der Waals surface area contributed by atoms with Gasteiger partial charge in [0.05, 0.1) is 0 Å². The highest BCUT2D eigenvalue weighted by atomic mass is 32.1. The van der Waals surface area contributed by atoms with E-state index in [1.807, 2.05) is 0 Å². The van der Waals surface area contributed by atoms with Crippen molar-refractivity contribution < 1.29 is 0 Å². The second kappa shape index (κ2) is 4.71. The summed E-state index contributed by atoms with van der Waals surface area (Å²) in [5.41, 5.74) is 4.21. The largest absolute Gasteiger partial charge is 0.143 e. The number of hydrogen-bond donors (Lipinski definition) is 1. The molecule has 0 heterocycles. The maximum Gasteiger partial charge on any atom is 0.0104 e. The van der Waals surface area contributed by atoms with E-state index in [1.54, 1.807) is 0 Å². The fourth-order valence-corrected chi connectivity index (χ4v) is 2.02. The van der Waals surface area contributed by atoms with Crippen molar-refractivity contribution in [2.45, 2.75) is 44.9 Å². The van der Waals surface area contributed by atoms with Gasteiger partial charge in [-0.15, -0.1) is 12.6 Å². The van der Waals surface area contributed by atoms with E-state index >= 15 is 0 Å². The molecule has 13 heavy (non-hydrogen) atoms. The summed E-state index contributed by atoms with van der Waals surface area (Å²) >= 11 is 4.56. The minimum Gasteiger partial charge on any atom is -0.143 e. The molecule has 0 aliphatic rings. The third-order valence-corrected chi connectivity index (χ3v) is 3.07. The molecule has 0 bridgehead atoms. The van der Waals surface area contributed by atoms with Crippen molar-refractivity contribution in [1.82, 2.24) is 0 Å². The fourth-order valence-electron chi connectivity index (χ4n) is 1.58. The van der Waals surface area contributed by atoms with E-state index in [4.69, 9.17) is 0 Å². The van der Waals surface area contributed by atoms with Gasteiger partial charge in [0.1, 0.15) is 0 Å². The summed E-state index contributed by atoms with van der Waals surface area (Å²) in [7, 11) is 0. The van der Waals surface area contributed by atoms with Crippen LogP contribution in [0.1, 0.15) is 37.5 Å². The van der Waals surface area contributed by atoms with Gasteiger partial charge in [0.15, 0.2) is 0 Å². The maximum absolute atomic E-state index is 4.56. The topological polar surface area (TPSA) is 0 Å². The second-order valence-electron chi connectivity index (χ2n) is 3.32. The van der Waals surface area contributed by atoms with Gasteiger partial charge in [-0.05, 0) is 36.0 Å². The standard InChI is InChI=1S/C12H18S/c1-4-9-7-10(5-2)12(13)11(6-3)8-9/h7-8,13H,4-6H2,1-3H3. The van der Waals surface area contributed by atoms with Crippen LogP contribution in [-0.2, 0) is 19.3 Å². The molecule has 0 saturated heterocycles. The minimum atomic E-state index is 1.08. The summed E-state index contributed by atoms with van der Waals surface area (Å²) in [6.45, 7) is 6.58. The van der Waals surface area contributed by atoms with Gasteiger partial charge >= 0.3 is 0 Å². The van der Waals surface area contributed by atoms with Gasteiger partial charge in [-0.3, -0.25) is 0 Å². The first-order valence-corrected chi connectivity index (χ1v) is 5.51. The molecule has 0 amide bonds. The van der Waals surface area contributed by atoms with Gasteiger partial charge in [-0.1, -0.05) is 32.9 Å². The molecule has 0 atom stereocenters. The molecule has 0 aliphatic heterocycles. The molecule has 0 aromatic heterocycles. The van der Waals surface area contributed by atoms with Crippen molar-refractivity contribution >= 4 is 12.6 Å². The predicted octanol–water partition coefficient (Wildman–Crippen LogP) is 3.66. The minimum absolute atomic E-state index is 1.08. The Balaban J connectivity index is 3.20. The Bertz CT molecular complexity index is 264. The molecular weight excluding hydrogens is 176 g/mol. The zero-order valence-corrected chi connectivity index (χ0v) is 9.62. The van der Waals surface area contributed by atoms with Crippen molar-refractivity contribution in [3.63, 3.8) is 0 Å². The van der Waals surface area contributed by atoms with Crippen LogP contribution in [0.4, 0.5) is 0 Å². The molecule has 0 nitrogen and oxygen atoms in total. The first-order chi connectivity index (χ1) is 6.22. The van der Waals surface area contributed by atoms with Gasteiger partial charge in [0, 0.05) is 4.90 Å². The summed E-state index contributed by atoms with van der Waals surface area (Å²) < 4.78 is 0. The lowest BCUT2D eigenvalue weighted by atomic mass is 10.0. The smallest absolute Gasteiger partial charge is 0.0104 e. The van der Waals surface area contributed by atoms with Gasteiger partial charge in [-0.2, -0.15) is 0 Å². The number of hydrogen-bond acceptors (Lipinski definition) is 1. The first kappa shape index (κ1) is 10.6. The van der Waals surface area contributed by atoms with E-state index in [9.17, 15) is 0 Å². The molecular formula is C12H18S. The van der Waals surface area contributed by atoms with Crippen LogP contribution in [0.15, 0.2) is 17.0 Å². The molecule has 1 aromatic rings. The van der Waals surface area contributed by atoms with Gasteiger partial charge in [-0.25, -0.2) is 0 Å². The Labute approximate surface area is 86.8 Å². The van der Waals surface area contributed by atoms with Crippen molar-refractivity contribution in [3.8, 4) is 0 Å². The van der Waals surface area contributed by atoms with Crippen LogP contribution in [0, 0.1) is 0 Å². The summed E-state index contributed by atoms with van der Waals surface area (Å²) in [6.07, 6.45) is 3.29. The van der Waals surface area contributed by atoms with Gasteiger partial charge in [0.2, 0.25) is 0 Å². The SMILES string of the molecule is CCc1cc(CC)c(S)c(CC)c1. The molecule has 1 rings (SSSR count). The monoisotopic (exact) mass is 194 g/mol. The van der Waals surface area contributed by atoms with Crippen molar-refractivity contribution in [3.05, 3.63) is 28.8 Å². The van der Waals surface area contributed by atoms with Crippen molar-refractivity contribution in [1.29, 1.82) is 0 Å². The summed E-state index contributed by atoms with van der Waals surface area (Å²) in [6, 6.07) is 4.56. The quantitative estimate of drug-likeness (QED) is 0.697. The zero-order valence-electron chi connectivity index (χ0n) is 8.72. The highest BCUT2D eigenvalue weighted by Gasteiger charge is 2.04. The van der Waals surface area contributed by atoms with E-state index in [0.29, 0.717) is 0 Å². The zero-order chi connectivity index (χ0) is 9.84. The van der Waals surface area contributed by atoms with Crippen LogP contribution in [0.25, 0.3) is 0 Å². The second-order valence-corrected chi connectivity index (χ2v) is 3.77. The molecule has 0 fully saturated rings. The van der Waals surface area contributed by atoms with E-state index in [2.05, 4.69) is 45.5 Å². The lowest BCUT2D eigenvalue weighted by Crippen LogP contribution is -1.94. The van der Waals surface area contributed by atoms with E-state index in [-0.39, 0.29) is 0 Å². The third kappa shape index (κ3) is 2.28. The van der Waals surface area contributed by atoms with Crippen LogP contribution in [0.3, 0.4) is 0 Å². The Morgan fingerprint density at radius 3 is 1.69 bits per heavy atom. The summed E-state index contributed by atoms with van der Waals surface area (Å²) in [4.78, 5) is 1.20. The molecule has 1 aromatic carbocycles. The number of thiol groups is 1. The predicted molar refractivity (Wildman–Crippen MR) is 61.8 cm³/mol. The molecule has 0 radical (unpaired) electrons. The molecule has 72 valence electrons. The van der Waals surface area contributed by atoms with E-state index in [0.717, 1.165) is 19.3 Å². The normalized spacial score (nSPS) is 10.5. The number of benzene rings is 1. The third-order valence-electron chi connectivity index (χ3n) is 2.50. The lowest BCUT2D eigenvalue weighted by molar-refractivity contribution is 0.983. The van der Waals surface area contributed by atoms with E-state index in [1.165, 1.54) is 21.6 Å². The molecule has 1 heteroatoms. The average molecular weight is 194 g/mol. The molecule has 0 N–H and O–H groups in total. The Morgan fingerprint density at radius 1 is 0.923 bits per heavy atom. The fraction of sp³-hybridized carbons (Fsp3) is 0.500. The maximum atomic E-state index is 4.56. The Kier molecular flexibility index (Phi) is 3.86. The molecule has 0 unspecified atom stereocenters. The van der Waals surface area contributed by atoms with Crippen molar-refractivity contribution in [2.24, 2.45) is 0 Å². The van der Waals surface area contributed by atoms with Gasteiger partial charge < -0.3 is 0 Å². The number of aryl methyl sites for hydroxylation is 3. The molecule has 0 aliphatic carbocycles. The van der Waals surface area contributed by atoms with Crippen LogP contribution >= 0.6 is 12.6 Å². The Hall–Kier alpha value is -0.430. The lowest BCUT2D eigenvalue weighted by Gasteiger charge is -2.10. The highest BCUT2D eigenvalue weighted by Crippen LogP contribution is 2.23. The Morgan fingerprint density at radius 2 is 1.38 bits per heavy atom. The van der Waals surface area contributed by atoms with Crippen LogP contribution < -0.4 is 0 Å².